The van der Waals surface area contributed by atoms with Gasteiger partial charge < -0.3 is 5.32 Å². The van der Waals surface area contributed by atoms with E-state index >= 15 is 0 Å². The molecule has 0 radical (unpaired) electrons. The van der Waals surface area contributed by atoms with E-state index in [-0.39, 0.29) is 0 Å². The summed E-state index contributed by atoms with van der Waals surface area (Å²) in [6, 6.07) is 4.71. The molecule has 0 amide bonds. The predicted molar refractivity (Wildman–Crippen MR) is 72.4 cm³/mol. The number of nitrogens with zero attached hydrogens (tertiary/aromatic N) is 2. The van der Waals surface area contributed by atoms with Crippen LogP contribution in [0.2, 0.25) is 0 Å². The Morgan fingerprint density at radius 2 is 2.35 bits per heavy atom. The van der Waals surface area contributed by atoms with Crippen LogP contribution in [0.4, 0.5) is 0 Å². The molecule has 1 unspecified atom stereocenters. The van der Waals surface area contributed by atoms with E-state index in [1.807, 2.05) is 36.3 Å². The summed E-state index contributed by atoms with van der Waals surface area (Å²) in [5.74, 6) is 0. The largest absolute Gasteiger partial charge is 0.313 e. The van der Waals surface area contributed by atoms with Crippen molar-refractivity contribution in [1.29, 1.82) is 0 Å². The number of thiophene rings is 1. The van der Waals surface area contributed by atoms with Crippen molar-refractivity contribution in [3.05, 3.63) is 39.8 Å². The highest BCUT2D eigenvalue weighted by atomic mass is 32.1. The van der Waals surface area contributed by atoms with Crippen molar-refractivity contribution in [3.63, 3.8) is 0 Å². The lowest BCUT2D eigenvalue weighted by Crippen LogP contribution is -2.17. The van der Waals surface area contributed by atoms with E-state index in [1.54, 1.807) is 0 Å². The van der Waals surface area contributed by atoms with E-state index < -0.39 is 0 Å². The summed E-state index contributed by atoms with van der Waals surface area (Å²) >= 11 is 1.83. The van der Waals surface area contributed by atoms with E-state index in [9.17, 15) is 0 Å². The minimum Gasteiger partial charge on any atom is -0.313 e. The van der Waals surface area contributed by atoms with Gasteiger partial charge in [0.15, 0.2) is 0 Å². The Balaban J connectivity index is 2.04. The SMILES string of the molecule is CNC(CCc1cccs1)c1cnn(C)c1C. The third-order valence-corrected chi connectivity index (χ3v) is 4.19. The first-order chi connectivity index (χ1) is 8.22. The van der Waals surface area contributed by atoms with Gasteiger partial charge in [-0.2, -0.15) is 5.10 Å². The van der Waals surface area contributed by atoms with Crippen LogP contribution in [0, 0.1) is 6.92 Å². The van der Waals surface area contributed by atoms with Gasteiger partial charge in [-0.3, -0.25) is 4.68 Å². The Morgan fingerprint density at radius 1 is 1.53 bits per heavy atom. The molecule has 2 aromatic rings. The maximum atomic E-state index is 4.31. The predicted octanol–water partition coefficient (Wildman–Crippen LogP) is 2.68. The van der Waals surface area contributed by atoms with Crippen LogP contribution in [0.15, 0.2) is 23.7 Å². The summed E-state index contributed by atoms with van der Waals surface area (Å²) in [5.41, 5.74) is 2.56. The Morgan fingerprint density at radius 3 is 2.88 bits per heavy atom. The molecule has 0 saturated carbocycles. The van der Waals surface area contributed by atoms with Crippen LogP contribution in [-0.2, 0) is 13.5 Å². The van der Waals surface area contributed by atoms with Gasteiger partial charge in [-0.25, -0.2) is 0 Å². The topological polar surface area (TPSA) is 29.9 Å². The zero-order valence-corrected chi connectivity index (χ0v) is 11.4. The molecule has 0 saturated heterocycles. The molecular formula is C13H19N3S. The molecule has 0 aliphatic rings. The maximum Gasteiger partial charge on any atom is 0.0540 e. The van der Waals surface area contributed by atoms with Gasteiger partial charge in [-0.15, -0.1) is 11.3 Å². The Labute approximate surface area is 106 Å². The molecule has 2 heterocycles. The van der Waals surface area contributed by atoms with Crippen molar-refractivity contribution in [2.75, 3.05) is 7.05 Å². The van der Waals surface area contributed by atoms with Crippen LogP contribution in [0.3, 0.4) is 0 Å². The fourth-order valence-corrected chi connectivity index (χ4v) is 2.78. The fourth-order valence-electron chi connectivity index (χ4n) is 2.05. The molecule has 17 heavy (non-hydrogen) atoms. The molecule has 0 bridgehead atoms. The Kier molecular flexibility index (Phi) is 3.97. The lowest BCUT2D eigenvalue weighted by Gasteiger charge is -2.15. The molecule has 1 N–H and O–H groups in total. The highest BCUT2D eigenvalue weighted by molar-refractivity contribution is 7.09. The third-order valence-electron chi connectivity index (χ3n) is 3.26. The molecule has 2 rings (SSSR count). The monoisotopic (exact) mass is 249 g/mol. The summed E-state index contributed by atoms with van der Waals surface area (Å²) in [6.45, 7) is 2.12. The molecule has 0 spiro atoms. The second-order valence-electron chi connectivity index (χ2n) is 4.27. The summed E-state index contributed by atoms with van der Waals surface area (Å²) in [6.07, 6.45) is 4.21. The van der Waals surface area contributed by atoms with Gasteiger partial charge in [0.2, 0.25) is 0 Å². The molecule has 3 nitrogen and oxygen atoms in total. The van der Waals surface area contributed by atoms with Crippen molar-refractivity contribution in [2.24, 2.45) is 7.05 Å². The van der Waals surface area contributed by atoms with Gasteiger partial charge in [-0.1, -0.05) is 6.07 Å². The highest BCUT2D eigenvalue weighted by Gasteiger charge is 2.14. The minimum atomic E-state index is 0.394. The first-order valence-electron chi connectivity index (χ1n) is 5.90. The first-order valence-corrected chi connectivity index (χ1v) is 6.78. The molecular weight excluding hydrogens is 230 g/mol. The van der Waals surface area contributed by atoms with Crippen molar-refractivity contribution in [3.8, 4) is 0 Å². The minimum absolute atomic E-state index is 0.394. The van der Waals surface area contributed by atoms with Crippen molar-refractivity contribution >= 4 is 11.3 Å². The number of rotatable bonds is 5. The lowest BCUT2D eigenvalue weighted by molar-refractivity contribution is 0.547. The molecule has 0 aliphatic carbocycles. The van der Waals surface area contributed by atoms with E-state index in [0.717, 1.165) is 12.8 Å². The van der Waals surface area contributed by atoms with Crippen LogP contribution in [0.5, 0.6) is 0 Å². The molecule has 0 aliphatic heterocycles. The summed E-state index contributed by atoms with van der Waals surface area (Å²) < 4.78 is 1.94. The van der Waals surface area contributed by atoms with Gasteiger partial charge in [0.05, 0.1) is 6.20 Å². The smallest absolute Gasteiger partial charge is 0.0540 e. The summed E-state index contributed by atoms with van der Waals surface area (Å²) in [5, 5.41) is 9.83. The molecule has 2 aromatic heterocycles. The number of aromatic nitrogens is 2. The van der Waals surface area contributed by atoms with Crippen LogP contribution in [0.1, 0.15) is 28.6 Å². The van der Waals surface area contributed by atoms with Gasteiger partial charge in [-0.05, 0) is 38.3 Å². The van der Waals surface area contributed by atoms with Crippen LogP contribution in [0.25, 0.3) is 0 Å². The number of hydrogen-bond donors (Lipinski definition) is 1. The maximum absolute atomic E-state index is 4.31. The van der Waals surface area contributed by atoms with E-state index in [0.29, 0.717) is 6.04 Å². The van der Waals surface area contributed by atoms with Gasteiger partial charge in [0, 0.05) is 29.2 Å². The molecule has 0 aromatic carbocycles. The van der Waals surface area contributed by atoms with E-state index in [4.69, 9.17) is 0 Å². The molecule has 4 heteroatoms. The number of nitrogens with one attached hydrogen (secondary N) is 1. The average Bonchev–Trinajstić information content (AvgIpc) is 2.94. The number of hydrogen-bond acceptors (Lipinski definition) is 3. The second-order valence-corrected chi connectivity index (χ2v) is 5.30. The van der Waals surface area contributed by atoms with E-state index in [2.05, 4.69) is 34.9 Å². The zero-order chi connectivity index (χ0) is 12.3. The summed E-state index contributed by atoms with van der Waals surface area (Å²) in [4.78, 5) is 1.45. The summed E-state index contributed by atoms with van der Waals surface area (Å²) in [7, 11) is 4.01. The first kappa shape index (κ1) is 12.3. The number of aryl methyl sites for hydroxylation is 2. The molecule has 92 valence electrons. The van der Waals surface area contributed by atoms with Gasteiger partial charge >= 0.3 is 0 Å². The normalized spacial score (nSPS) is 12.9. The van der Waals surface area contributed by atoms with Crippen LogP contribution in [-0.4, -0.2) is 16.8 Å². The fraction of sp³-hybridized carbons (Fsp3) is 0.462. The van der Waals surface area contributed by atoms with Crippen molar-refractivity contribution < 1.29 is 0 Å². The van der Waals surface area contributed by atoms with Gasteiger partial charge in [0.1, 0.15) is 0 Å². The Bertz CT molecular complexity index is 459. The van der Waals surface area contributed by atoms with Crippen LogP contribution >= 0.6 is 11.3 Å². The Hall–Kier alpha value is -1.13. The van der Waals surface area contributed by atoms with Crippen molar-refractivity contribution in [2.45, 2.75) is 25.8 Å². The quantitative estimate of drug-likeness (QED) is 0.883. The second kappa shape index (κ2) is 5.47. The zero-order valence-electron chi connectivity index (χ0n) is 10.6. The lowest BCUT2D eigenvalue weighted by atomic mass is 10.0. The molecule has 0 fully saturated rings. The van der Waals surface area contributed by atoms with E-state index in [1.165, 1.54) is 16.1 Å². The van der Waals surface area contributed by atoms with Crippen LogP contribution < -0.4 is 5.32 Å². The average molecular weight is 249 g/mol. The molecule has 1 atom stereocenters. The highest BCUT2D eigenvalue weighted by Crippen LogP contribution is 2.22. The van der Waals surface area contributed by atoms with Gasteiger partial charge in [0.25, 0.3) is 0 Å². The van der Waals surface area contributed by atoms with Crippen molar-refractivity contribution in [1.82, 2.24) is 15.1 Å². The third kappa shape index (κ3) is 2.76. The standard InChI is InChI=1S/C13H19N3S/c1-10-12(9-15-16(10)3)13(14-2)7-6-11-5-4-8-17-11/h4-5,8-9,13-14H,6-7H2,1-3H3.